The summed E-state index contributed by atoms with van der Waals surface area (Å²) >= 11 is 5.99. The lowest BCUT2D eigenvalue weighted by molar-refractivity contribution is 0.518. The predicted molar refractivity (Wildman–Crippen MR) is 60.4 cm³/mol. The number of aromatic amines is 1. The van der Waals surface area contributed by atoms with Gasteiger partial charge < -0.3 is 14.9 Å². The fraction of sp³-hybridized carbons (Fsp3) is 0.400. The molecule has 0 radical (unpaired) electrons. The first-order chi connectivity index (χ1) is 7.77. The predicted octanol–water partition coefficient (Wildman–Crippen LogP) is 1.03. The molecule has 0 amide bonds. The Morgan fingerprint density at radius 3 is 3.12 bits per heavy atom. The number of H-pyrrole nitrogens is 1. The molecule has 0 saturated carbocycles. The van der Waals surface area contributed by atoms with Gasteiger partial charge in [0.15, 0.2) is 0 Å². The molecule has 6 heteroatoms. The van der Waals surface area contributed by atoms with Crippen LogP contribution in [-0.2, 0) is 13.5 Å². The van der Waals surface area contributed by atoms with Gasteiger partial charge in [-0.2, -0.15) is 0 Å². The Hall–Kier alpha value is -1.33. The van der Waals surface area contributed by atoms with Crippen LogP contribution in [0.1, 0.15) is 23.3 Å². The van der Waals surface area contributed by atoms with Gasteiger partial charge in [0, 0.05) is 25.7 Å². The maximum absolute atomic E-state index is 5.99. The Balaban J connectivity index is 2.07. The molecule has 5 nitrogen and oxygen atoms in total. The van der Waals surface area contributed by atoms with Crippen molar-refractivity contribution in [2.45, 2.75) is 12.5 Å². The second kappa shape index (κ2) is 3.61. The highest BCUT2D eigenvalue weighted by Crippen LogP contribution is 2.26. The smallest absolute Gasteiger partial charge is 0.133 e. The molecule has 2 aromatic heterocycles. The van der Waals surface area contributed by atoms with Crippen molar-refractivity contribution in [3.05, 3.63) is 34.9 Å². The minimum atomic E-state index is 0.0347. The van der Waals surface area contributed by atoms with Gasteiger partial charge in [-0.15, -0.1) is 0 Å². The highest BCUT2D eigenvalue weighted by Gasteiger charge is 2.27. The third-order valence-corrected chi connectivity index (χ3v) is 3.33. The van der Waals surface area contributed by atoms with E-state index in [1.54, 1.807) is 12.5 Å². The first-order valence-corrected chi connectivity index (χ1v) is 5.58. The second-order valence-corrected chi connectivity index (χ2v) is 4.29. The molecule has 1 atom stereocenters. The Bertz CT molecular complexity index is 515. The van der Waals surface area contributed by atoms with E-state index >= 15 is 0 Å². The van der Waals surface area contributed by atoms with E-state index in [1.165, 1.54) is 5.69 Å². The van der Waals surface area contributed by atoms with Crippen molar-refractivity contribution in [1.29, 1.82) is 0 Å². The van der Waals surface area contributed by atoms with Crippen LogP contribution in [0.3, 0.4) is 0 Å². The first kappa shape index (κ1) is 9.86. The summed E-state index contributed by atoms with van der Waals surface area (Å²) in [5, 5.41) is 4.05. The lowest BCUT2D eigenvalue weighted by atomic mass is 10.1. The average molecular weight is 238 g/mol. The van der Waals surface area contributed by atoms with E-state index in [0.717, 1.165) is 24.5 Å². The van der Waals surface area contributed by atoms with E-state index in [1.807, 2.05) is 11.6 Å². The van der Waals surface area contributed by atoms with Crippen LogP contribution in [0.15, 0.2) is 12.5 Å². The standard InChI is InChI=1S/C10H12ClN5/c1-16-7(11)4-13-10(16)9-8-6(2-3-12-9)14-5-15-8/h4-5,9,12H,2-3H2,1H3,(H,14,15). The summed E-state index contributed by atoms with van der Waals surface area (Å²) in [5.41, 5.74) is 2.21. The molecule has 3 rings (SSSR count). The van der Waals surface area contributed by atoms with Crippen molar-refractivity contribution in [3.63, 3.8) is 0 Å². The van der Waals surface area contributed by atoms with Gasteiger partial charge in [-0.1, -0.05) is 11.6 Å². The number of hydrogen-bond donors (Lipinski definition) is 2. The molecule has 16 heavy (non-hydrogen) atoms. The third-order valence-electron chi connectivity index (χ3n) is 2.97. The van der Waals surface area contributed by atoms with Crippen molar-refractivity contribution >= 4 is 11.6 Å². The van der Waals surface area contributed by atoms with Crippen LogP contribution in [0.2, 0.25) is 5.15 Å². The summed E-state index contributed by atoms with van der Waals surface area (Å²) in [6.45, 7) is 0.921. The fourth-order valence-corrected chi connectivity index (χ4v) is 2.24. The molecule has 0 saturated heterocycles. The molecular weight excluding hydrogens is 226 g/mol. The Kier molecular flexibility index (Phi) is 2.22. The van der Waals surface area contributed by atoms with Crippen LogP contribution in [-0.4, -0.2) is 26.1 Å². The van der Waals surface area contributed by atoms with E-state index in [4.69, 9.17) is 11.6 Å². The molecule has 2 N–H and O–H groups in total. The SMILES string of the molecule is Cn1c(Cl)cnc1C1NCCc2[nH]cnc21. The van der Waals surface area contributed by atoms with Gasteiger partial charge in [-0.3, -0.25) is 0 Å². The fourth-order valence-electron chi connectivity index (χ4n) is 2.10. The monoisotopic (exact) mass is 237 g/mol. The summed E-state index contributed by atoms with van der Waals surface area (Å²) in [4.78, 5) is 11.8. The number of halogens is 1. The van der Waals surface area contributed by atoms with E-state index in [0.29, 0.717) is 5.15 Å². The molecule has 0 aliphatic carbocycles. The number of nitrogens with zero attached hydrogens (tertiary/aromatic N) is 3. The Morgan fingerprint density at radius 1 is 1.50 bits per heavy atom. The molecule has 1 unspecified atom stereocenters. The van der Waals surface area contributed by atoms with Crippen molar-refractivity contribution in [3.8, 4) is 0 Å². The number of hydrogen-bond acceptors (Lipinski definition) is 3. The zero-order valence-corrected chi connectivity index (χ0v) is 9.62. The van der Waals surface area contributed by atoms with Crippen LogP contribution >= 0.6 is 11.6 Å². The minimum absolute atomic E-state index is 0.0347. The van der Waals surface area contributed by atoms with Crippen LogP contribution < -0.4 is 5.32 Å². The minimum Gasteiger partial charge on any atom is -0.348 e. The number of fused-ring (bicyclic) bond motifs is 1. The molecule has 2 aromatic rings. The molecule has 0 aromatic carbocycles. The first-order valence-electron chi connectivity index (χ1n) is 5.20. The van der Waals surface area contributed by atoms with E-state index in [9.17, 15) is 0 Å². The van der Waals surface area contributed by atoms with Gasteiger partial charge in [-0.25, -0.2) is 9.97 Å². The third kappa shape index (κ3) is 1.36. The van der Waals surface area contributed by atoms with E-state index < -0.39 is 0 Å². The zero-order chi connectivity index (χ0) is 11.1. The van der Waals surface area contributed by atoms with Crippen molar-refractivity contribution in [2.24, 2.45) is 7.05 Å². The maximum Gasteiger partial charge on any atom is 0.133 e. The molecular formula is C10H12ClN5. The molecule has 3 heterocycles. The zero-order valence-electron chi connectivity index (χ0n) is 8.87. The maximum atomic E-state index is 5.99. The van der Waals surface area contributed by atoms with Gasteiger partial charge in [0.2, 0.25) is 0 Å². The van der Waals surface area contributed by atoms with Crippen LogP contribution in [0.25, 0.3) is 0 Å². The molecule has 1 aliphatic heterocycles. The lowest BCUT2D eigenvalue weighted by Crippen LogP contribution is -2.32. The van der Waals surface area contributed by atoms with Crippen molar-refractivity contribution < 1.29 is 0 Å². The second-order valence-electron chi connectivity index (χ2n) is 3.90. The van der Waals surface area contributed by atoms with Crippen LogP contribution in [0.5, 0.6) is 0 Å². The van der Waals surface area contributed by atoms with Crippen LogP contribution in [0, 0.1) is 0 Å². The molecule has 0 fully saturated rings. The van der Waals surface area contributed by atoms with E-state index in [-0.39, 0.29) is 6.04 Å². The van der Waals surface area contributed by atoms with Gasteiger partial charge in [0.05, 0.1) is 18.2 Å². The van der Waals surface area contributed by atoms with Gasteiger partial charge in [0.1, 0.15) is 17.0 Å². The summed E-state index contributed by atoms with van der Waals surface area (Å²) < 4.78 is 1.88. The number of aromatic nitrogens is 4. The summed E-state index contributed by atoms with van der Waals surface area (Å²) in [7, 11) is 1.91. The Morgan fingerprint density at radius 2 is 2.38 bits per heavy atom. The quantitative estimate of drug-likeness (QED) is 0.779. The highest BCUT2D eigenvalue weighted by molar-refractivity contribution is 6.29. The van der Waals surface area contributed by atoms with Gasteiger partial charge >= 0.3 is 0 Å². The van der Waals surface area contributed by atoms with Crippen molar-refractivity contribution in [1.82, 2.24) is 24.8 Å². The largest absolute Gasteiger partial charge is 0.348 e. The molecule has 0 bridgehead atoms. The van der Waals surface area contributed by atoms with Crippen LogP contribution in [0.4, 0.5) is 0 Å². The molecule has 0 spiro atoms. The van der Waals surface area contributed by atoms with E-state index in [2.05, 4.69) is 20.3 Å². The summed E-state index contributed by atoms with van der Waals surface area (Å²) in [6.07, 6.45) is 4.37. The van der Waals surface area contributed by atoms with Gasteiger partial charge in [-0.05, 0) is 0 Å². The summed E-state index contributed by atoms with van der Waals surface area (Å²) in [5.74, 6) is 0.901. The lowest BCUT2D eigenvalue weighted by Gasteiger charge is -2.22. The highest BCUT2D eigenvalue weighted by atomic mass is 35.5. The number of rotatable bonds is 1. The summed E-state index contributed by atoms with van der Waals surface area (Å²) in [6, 6.07) is 0.0347. The molecule has 1 aliphatic rings. The topological polar surface area (TPSA) is 58.5 Å². The normalized spacial score (nSPS) is 19.8. The number of imidazole rings is 2. The van der Waals surface area contributed by atoms with Crippen molar-refractivity contribution in [2.75, 3.05) is 6.54 Å². The number of nitrogens with one attached hydrogen (secondary N) is 2. The average Bonchev–Trinajstić information content (AvgIpc) is 2.87. The molecule has 84 valence electrons. The Labute approximate surface area is 97.9 Å². The van der Waals surface area contributed by atoms with Gasteiger partial charge in [0.25, 0.3) is 0 Å².